The molecule has 1 heterocycles. The zero-order valence-corrected chi connectivity index (χ0v) is 11.6. The smallest absolute Gasteiger partial charge is 0.356 e. The minimum atomic E-state index is -1.04. The molecule has 2 rings (SSSR count). The van der Waals surface area contributed by atoms with Crippen LogP contribution in [0.5, 0.6) is 11.5 Å². The molecule has 1 N–H and O–H groups in total. The van der Waals surface area contributed by atoms with E-state index in [0.717, 1.165) is 0 Å². The summed E-state index contributed by atoms with van der Waals surface area (Å²) in [5.74, 6) is 0.861. The molecule has 0 radical (unpaired) electrons. The van der Waals surface area contributed by atoms with Crippen LogP contribution in [-0.4, -0.2) is 27.7 Å². The van der Waals surface area contributed by atoms with Crippen molar-refractivity contribution in [2.45, 2.75) is 13.5 Å². The second-order valence-corrected chi connectivity index (χ2v) is 4.29. The summed E-state index contributed by atoms with van der Waals surface area (Å²) >= 11 is 0. The molecule has 0 aliphatic carbocycles. The van der Waals surface area contributed by atoms with Crippen LogP contribution in [0.4, 0.5) is 0 Å². The first-order valence-electron chi connectivity index (χ1n) is 6.05. The highest BCUT2D eigenvalue weighted by atomic mass is 16.5. The fourth-order valence-electron chi connectivity index (χ4n) is 1.81. The maximum absolute atomic E-state index is 11.0. The quantitative estimate of drug-likeness (QED) is 0.904. The fourth-order valence-corrected chi connectivity index (χ4v) is 1.81. The maximum Gasteiger partial charge on any atom is 0.356 e. The number of hydrogen-bond donors (Lipinski definition) is 1. The number of methoxy groups -OCH3 is 1. The van der Waals surface area contributed by atoms with Crippen LogP contribution in [0.2, 0.25) is 0 Å². The average molecular weight is 276 g/mol. The Bertz CT molecular complexity index is 634. The van der Waals surface area contributed by atoms with Crippen LogP contribution in [0, 0.1) is 6.92 Å². The van der Waals surface area contributed by atoms with Crippen LogP contribution in [-0.2, 0) is 13.7 Å². The molecule has 1 aromatic carbocycles. The van der Waals surface area contributed by atoms with Gasteiger partial charge in [-0.3, -0.25) is 0 Å². The molecular formula is C14H16N2O4. The summed E-state index contributed by atoms with van der Waals surface area (Å²) in [6.07, 6.45) is 0. The Labute approximate surface area is 116 Å². The van der Waals surface area contributed by atoms with Gasteiger partial charge in [-0.15, -0.1) is 0 Å². The van der Waals surface area contributed by atoms with Crippen molar-refractivity contribution in [1.29, 1.82) is 0 Å². The normalized spacial score (nSPS) is 10.3. The van der Waals surface area contributed by atoms with Crippen molar-refractivity contribution >= 4 is 5.97 Å². The van der Waals surface area contributed by atoms with Gasteiger partial charge in [0, 0.05) is 18.8 Å². The zero-order valence-electron chi connectivity index (χ0n) is 11.6. The van der Waals surface area contributed by atoms with Gasteiger partial charge in [-0.2, -0.15) is 0 Å². The number of benzene rings is 1. The lowest BCUT2D eigenvalue weighted by Crippen LogP contribution is -2.04. The summed E-state index contributed by atoms with van der Waals surface area (Å²) in [5.41, 5.74) is 0.651. The molecule has 6 heteroatoms. The van der Waals surface area contributed by atoms with Crippen LogP contribution in [0.15, 0.2) is 24.3 Å². The highest BCUT2D eigenvalue weighted by molar-refractivity contribution is 5.86. The Morgan fingerprint density at radius 2 is 2.10 bits per heavy atom. The molecule has 6 nitrogen and oxygen atoms in total. The number of ether oxygens (including phenoxy) is 2. The molecule has 0 atom stereocenters. The average Bonchev–Trinajstić information content (AvgIpc) is 2.73. The number of nitrogens with zero attached hydrogens (tertiary/aromatic N) is 2. The predicted octanol–water partition coefficient (Wildman–Crippen LogP) is 2.01. The number of aromatic nitrogens is 2. The number of rotatable bonds is 5. The Morgan fingerprint density at radius 1 is 1.40 bits per heavy atom. The van der Waals surface area contributed by atoms with Crippen molar-refractivity contribution in [3.05, 3.63) is 41.5 Å². The number of carboxylic acid groups (broad SMARTS) is 1. The van der Waals surface area contributed by atoms with Gasteiger partial charge in [0.2, 0.25) is 0 Å². The molecule has 2 aromatic rings. The second kappa shape index (κ2) is 5.64. The van der Waals surface area contributed by atoms with Gasteiger partial charge in [0.05, 0.1) is 7.11 Å². The summed E-state index contributed by atoms with van der Waals surface area (Å²) in [6, 6.07) is 7.20. The summed E-state index contributed by atoms with van der Waals surface area (Å²) < 4.78 is 12.4. The fraction of sp³-hybridized carbons (Fsp3) is 0.286. The summed E-state index contributed by atoms with van der Waals surface area (Å²) in [7, 11) is 3.35. The molecular weight excluding hydrogens is 260 g/mol. The molecule has 0 amide bonds. The summed E-state index contributed by atoms with van der Waals surface area (Å²) in [6.45, 7) is 1.91. The molecule has 0 aliphatic rings. The summed E-state index contributed by atoms with van der Waals surface area (Å²) in [5, 5.41) is 9.02. The third-order valence-corrected chi connectivity index (χ3v) is 3.09. The van der Waals surface area contributed by atoms with Crippen molar-refractivity contribution in [3.63, 3.8) is 0 Å². The number of aromatic carboxylic acids is 1. The minimum Gasteiger partial charge on any atom is -0.497 e. The standard InChI is InChI=1S/C14H16N2O4/c1-9-13(14(17)18)15-12(16(9)2)8-20-11-6-4-5-10(7-11)19-3/h4-7H,8H2,1-3H3,(H,17,18). The van der Waals surface area contributed by atoms with Gasteiger partial charge in [-0.1, -0.05) is 6.07 Å². The lowest BCUT2D eigenvalue weighted by molar-refractivity contribution is 0.0690. The van der Waals surface area contributed by atoms with Gasteiger partial charge >= 0.3 is 5.97 Å². The first-order valence-corrected chi connectivity index (χ1v) is 6.05. The highest BCUT2D eigenvalue weighted by Crippen LogP contribution is 2.20. The zero-order chi connectivity index (χ0) is 14.7. The van der Waals surface area contributed by atoms with Gasteiger partial charge in [0.15, 0.2) is 5.69 Å². The molecule has 0 spiro atoms. The van der Waals surface area contributed by atoms with Crippen LogP contribution < -0.4 is 9.47 Å². The lowest BCUT2D eigenvalue weighted by atomic mass is 10.3. The molecule has 0 aliphatic heterocycles. The van der Waals surface area contributed by atoms with E-state index in [1.807, 2.05) is 12.1 Å². The van der Waals surface area contributed by atoms with E-state index in [1.165, 1.54) is 0 Å². The monoisotopic (exact) mass is 276 g/mol. The van der Waals surface area contributed by atoms with Crippen molar-refractivity contribution < 1.29 is 19.4 Å². The van der Waals surface area contributed by atoms with Gasteiger partial charge in [0.25, 0.3) is 0 Å². The minimum absolute atomic E-state index is 0.0525. The van der Waals surface area contributed by atoms with Gasteiger partial charge in [-0.25, -0.2) is 9.78 Å². The topological polar surface area (TPSA) is 73.6 Å². The van der Waals surface area contributed by atoms with E-state index >= 15 is 0 Å². The number of imidazole rings is 1. The molecule has 106 valence electrons. The molecule has 0 unspecified atom stereocenters. The molecule has 0 saturated heterocycles. The van der Waals surface area contributed by atoms with Gasteiger partial charge in [-0.05, 0) is 19.1 Å². The third-order valence-electron chi connectivity index (χ3n) is 3.09. The predicted molar refractivity (Wildman–Crippen MR) is 72.2 cm³/mol. The first-order chi connectivity index (χ1) is 9.52. The van der Waals surface area contributed by atoms with Gasteiger partial charge < -0.3 is 19.1 Å². The van der Waals surface area contributed by atoms with E-state index in [0.29, 0.717) is 23.0 Å². The Morgan fingerprint density at radius 3 is 2.70 bits per heavy atom. The Hall–Kier alpha value is -2.50. The first kappa shape index (κ1) is 13.9. The Kier molecular flexibility index (Phi) is 3.93. The van der Waals surface area contributed by atoms with E-state index in [-0.39, 0.29) is 12.3 Å². The third kappa shape index (κ3) is 2.74. The van der Waals surface area contributed by atoms with Crippen LogP contribution in [0.25, 0.3) is 0 Å². The van der Waals surface area contributed by atoms with Crippen LogP contribution in [0.1, 0.15) is 22.0 Å². The number of carbonyl (C=O) groups is 1. The SMILES string of the molecule is COc1cccc(OCc2nc(C(=O)O)c(C)n2C)c1. The van der Waals surface area contributed by atoms with Crippen LogP contribution in [0.3, 0.4) is 0 Å². The molecule has 0 fully saturated rings. The molecule has 0 saturated carbocycles. The number of hydrogen-bond acceptors (Lipinski definition) is 4. The van der Waals surface area contributed by atoms with Crippen molar-refractivity contribution in [1.82, 2.24) is 9.55 Å². The van der Waals surface area contributed by atoms with E-state index in [4.69, 9.17) is 14.6 Å². The van der Waals surface area contributed by atoms with Crippen LogP contribution >= 0.6 is 0 Å². The van der Waals surface area contributed by atoms with E-state index in [2.05, 4.69) is 4.98 Å². The number of carboxylic acids is 1. The highest BCUT2D eigenvalue weighted by Gasteiger charge is 2.16. The molecule has 20 heavy (non-hydrogen) atoms. The van der Waals surface area contributed by atoms with Gasteiger partial charge in [0.1, 0.15) is 23.9 Å². The maximum atomic E-state index is 11.0. The largest absolute Gasteiger partial charge is 0.497 e. The van der Waals surface area contributed by atoms with E-state index in [9.17, 15) is 4.79 Å². The Balaban J connectivity index is 2.14. The van der Waals surface area contributed by atoms with E-state index in [1.54, 1.807) is 37.8 Å². The lowest BCUT2D eigenvalue weighted by Gasteiger charge is -2.08. The van der Waals surface area contributed by atoms with Crippen molar-refractivity contribution in [2.75, 3.05) is 7.11 Å². The van der Waals surface area contributed by atoms with E-state index < -0.39 is 5.97 Å². The second-order valence-electron chi connectivity index (χ2n) is 4.29. The summed E-state index contributed by atoms with van der Waals surface area (Å²) in [4.78, 5) is 15.1. The van der Waals surface area contributed by atoms with Crippen molar-refractivity contribution in [2.24, 2.45) is 7.05 Å². The molecule has 1 aromatic heterocycles. The molecule has 0 bridgehead atoms. The van der Waals surface area contributed by atoms with Crippen molar-refractivity contribution in [3.8, 4) is 11.5 Å².